The van der Waals surface area contributed by atoms with Gasteiger partial charge in [0.2, 0.25) is 0 Å². The molecule has 1 N–H and O–H groups in total. The van der Waals surface area contributed by atoms with Crippen LogP contribution in [0.25, 0.3) is 0 Å². The lowest BCUT2D eigenvalue weighted by Gasteiger charge is -2.12. The van der Waals surface area contributed by atoms with E-state index < -0.39 is 11.9 Å². The monoisotopic (exact) mass is 299 g/mol. The van der Waals surface area contributed by atoms with E-state index in [0.717, 1.165) is 17.5 Å². The summed E-state index contributed by atoms with van der Waals surface area (Å²) >= 11 is 0.769. The van der Waals surface area contributed by atoms with Gasteiger partial charge in [0.25, 0.3) is 0 Å². The van der Waals surface area contributed by atoms with Crippen molar-refractivity contribution < 1.29 is 13.2 Å². The summed E-state index contributed by atoms with van der Waals surface area (Å²) in [4.78, 5) is 8.42. The maximum atomic E-state index is 12.3. The van der Waals surface area contributed by atoms with Gasteiger partial charge in [0.15, 0.2) is 0 Å². The highest BCUT2D eigenvalue weighted by Gasteiger charge is 2.27. The van der Waals surface area contributed by atoms with Gasteiger partial charge in [0, 0.05) is 16.8 Å². The predicted octanol–water partition coefficient (Wildman–Crippen LogP) is 3.74. The van der Waals surface area contributed by atoms with Gasteiger partial charge in [-0.2, -0.15) is 13.2 Å². The van der Waals surface area contributed by atoms with Crippen molar-refractivity contribution in [1.29, 1.82) is 0 Å². The molecule has 3 nitrogen and oxygen atoms in total. The first-order chi connectivity index (χ1) is 9.54. The molecule has 1 aromatic heterocycles. The third-order valence-electron chi connectivity index (χ3n) is 2.38. The summed E-state index contributed by atoms with van der Waals surface area (Å²) in [6.45, 7) is 0.437. The Kier molecular flexibility index (Phi) is 4.84. The molecule has 106 valence electrons. The van der Waals surface area contributed by atoms with Crippen molar-refractivity contribution in [2.45, 2.75) is 17.6 Å². The maximum Gasteiger partial charge on any atom is 0.398 e. The van der Waals surface area contributed by atoms with Crippen LogP contribution in [0.15, 0.2) is 47.8 Å². The van der Waals surface area contributed by atoms with Crippen molar-refractivity contribution in [1.82, 2.24) is 9.97 Å². The fourth-order valence-corrected chi connectivity index (χ4v) is 2.30. The Hall–Kier alpha value is -1.76. The van der Waals surface area contributed by atoms with Crippen LogP contribution < -0.4 is 5.32 Å². The average molecular weight is 299 g/mol. The highest BCUT2D eigenvalue weighted by Crippen LogP contribution is 2.32. The van der Waals surface area contributed by atoms with Crippen molar-refractivity contribution in [2.24, 2.45) is 0 Å². The molecule has 20 heavy (non-hydrogen) atoms. The fourth-order valence-electron chi connectivity index (χ4n) is 1.51. The lowest BCUT2D eigenvalue weighted by Crippen LogP contribution is -2.11. The number of anilines is 1. The highest BCUT2D eigenvalue weighted by molar-refractivity contribution is 7.99. The molecule has 2 rings (SSSR count). The smallest absolute Gasteiger partial charge is 0.378 e. The van der Waals surface area contributed by atoms with Gasteiger partial charge >= 0.3 is 6.18 Å². The van der Waals surface area contributed by atoms with E-state index in [9.17, 15) is 13.2 Å². The molecule has 0 radical (unpaired) electrons. The molecule has 7 heteroatoms. The predicted molar refractivity (Wildman–Crippen MR) is 72.6 cm³/mol. The van der Waals surface area contributed by atoms with Crippen molar-refractivity contribution in [3.8, 4) is 0 Å². The number of hydrogen-bond acceptors (Lipinski definition) is 4. The summed E-state index contributed by atoms with van der Waals surface area (Å²) in [5.41, 5.74) is 1.44. The van der Waals surface area contributed by atoms with E-state index in [1.807, 2.05) is 0 Å². The van der Waals surface area contributed by atoms with Crippen LogP contribution in [-0.2, 0) is 6.54 Å². The third kappa shape index (κ3) is 4.73. The number of nitrogens with one attached hydrogen (secondary N) is 1. The van der Waals surface area contributed by atoms with Crippen LogP contribution in [-0.4, -0.2) is 21.9 Å². The van der Waals surface area contributed by atoms with Crippen LogP contribution >= 0.6 is 11.8 Å². The first kappa shape index (κ1) is 14.6. The number of aromatic nitrogens is 2. The lowest BCUT2D eigenvalue weighted by atomic mass is 10.3. The van der Waals surface area contributed by atoms with Gasteiger partial charge in [0.05, 0.1) is 18.0 Å². The van der Waals surface area contributed by atoms with E-state index >= 15 is 0 Å². The summed E-state index contributed by atoms with van der Waals surface area (Å²) in [7, 11) is 0. The molecule has 2 aromatic rings. The maximum absolute atomic E-state index is 12.3. The molecule has 0 aliphatic heterocycles. The van der Waals surface area contributed by atoms with E-state index in [0.29, 0.717) is 17.1 Å². The van der Waals surface area contributed by atoms with Gasteiger partial charge < -0.3 is 5.32 Å². The quantitative estimate of drug-likeness (QED) is 0.853. The van der Waals surface area contributed by atoms with Gasteiger partial charge in [-0.3, -0.25) is 0 Å². The zero-order valence-electron chi connectivity index (χ0n) is 10.4. The molecule has 0 fully saturated rings. The first-order valence-electron chi connectivity index (χ1n) is 5.82. The van der Waals surface area contributed by atoms with Crippen molar-refractivity contribution in [3.63, 3.8) is 0 Å². The molecular weight excluding hydrogens is 287 g/mol. The second-order valence-electron chi connectivity index (χ2n) is 3.95. The normalized spacial score (nSPS) is 11.3. The van der Waals surface area contributed by atoms with Crippen LogP contribution in [0, 0.1) is 0 Å². The molecule has 1 heterocycles. The number of benzene rings is 1. The van der Waals surface area contributed by atoms with Crippen LogP contribution in [0.2, 0.25) is 0 Å². The van der Waals surface area contributed by atoms with E-state index in [2.05, 4.69) is 15.3 Å². The molecule has 0 bridgehead atoms. The molecule has 0 amide bonds. The Balaban J connectivity index is 2.01. The van der Waals surface area contributed by atoms with Crippen LogP contribution in [0.3, 0.4) is 0 Å². The van der Waals surface area contributed by atoms with E-state index in [1.54, 1.807) is 36.5 Å². The topological polar surface area (TPSA) is 37.8 Å². The summed E-state index contributed by atoms with van der Waals surface area (Å²) in [6, 6.07) is 8.66. The number of para-hydroxylation sites is 1. The zero-order chi connectivity index (χ0) is 14.4. The number of thioether (sulfide) groups is 1. The van der Waals surface area contributed by atoms with Crippen molar-refractivity contribution in [2.75, 3.05) is 11.1 Å². The second kappa shape index (κ2) is 6.60. The van der Waals surface area contributed by atoms with Crippen LogP contribution in [0.5, 0.6) is 0 Å². The molecule has 0 unspecified atom stereocenters. The number of halogens is 3. The molecule has 1 aromatic carbocycles. The zero-order valence-corrected chi connectivity index (χ0v) is 11.2. The lowest BCUT2D eigenvalue weighted by molar-refractivity contribution is -0.105. The average Bonchev–Trinajstić information content (AvgIpc) is 2.44. The van der Waals surface area contributed by atoms with Crippen molar-refractivity contribution in [3.05, 3.63) is 48.5 Å². The highest BCUT2D eigenvalue weighted by atomic mass is 32.2. The van der Waals surface area contributed by atoms with Crippen molar-refractivity contribution >= 4 is 17.4 Å². The van der Waals surface area contributed by atoms with Gasteiger partial charge in [-0.25, -0.2) is 9.97 Å². The van der Waals surface area contributed by atoms with E-state index in [-0.39, 0.29) is 0 Å². The minimum absolute atomic E-state index is 0.437. The summed E-state index contributed by atoms with van der Waals surface area (Å²) < 4.78 is 36.8. The van der Waals surface area contributed by atoms with E-state index in [1.165, 1.54) is 6.33 Å². The molecule has 0 saturated heterocycles. The van der Waals surface area contributed by atoms with Crippen LogP contribution in [0.1, 0.15) is 5.69 Å². The van der Waals surface area contributed by atoms with Gasteiger partial charge in [-0.15, -0.1) is 11.8 Å². The Bertz CT molecular complexity index is 546. The molecule has 0 spiro atoms. The Morgan fingerprint density at radius 2 is 1.95 bits per heavy atom. The summed E-state index contributed by atoms with van der Waals surface area (Å²) in [5, 5.41) is 3.09. The number of hydrogen-bond donors (Lipinski definition) is 1. The largest absolute Gasteiger partial charge is 0.398 e. The second-order valence-corrected chi connectivity index (χ2v) is 4.97. The minimum atomic E-state index is -4.18. The minimum Gasteiger partial charge on any atom is -0.378 e. The third-order valence-corrected chi connectivity index (χ3v) is 3.52. The SMILES string of the molecule is FC(F)(F)CSc1ccccc1NCc1ccncn1. The number of alkyl halides is 3. The van der Waals surface area contributed by atoms with Crippen LogP contribution in [0.4, 0.5) is 18.9 Å². The Labute approximate surface area is 118 Å². The summed E-state index contributed by atoms with van der Waals surface area (Å²) in [5.74, 6) is -0.904. The Morgan fingerprint density at radius 3 is 2.65 bits per heavy atom. The van der Waals surface area contributed by atoms with E-state index in [4.69, 9.17) is 0 Å². The molecule has 0 atom stereocenters. The summed E-state index contributed by atoms with van der Waals surface area (Å²) in [6.07, 6.45) is -1.12. The number of rotatable bonds is 5. The molecule has 0 saturated carbocycles. The fraction of sp³-hybridized carbons (Fsp3) is 0.231. The molecule has 0 aliphatic carbocycles. The van der Waals surface area contributed by atoms with Gasteiger partial charge in [-0.1, -0.05) is 12.1 Å². The van der Waals surface area contributed by atoms with Gasteiger partial charge in [0.1, 0.15) is 6.33 Å². The standard InChI is InChI=1S/C13H12F3N3S/c14-13(15,16)8-20-12-4-2-1-3-11(12)18-7-10-5-6-17-9-19-10/h1-6,9,18H,7-8H2. The molecule has 0 aliphatic rings. The number of nitrogens with zero attached hydrogens (tertiary/aromatic N) is 2. The first-order valence-corrected chi connectivity index (χ1v) is 6.80. The van der Waals surface area contributed by atoms with Gasteiger partial charge in [-0.05, 0) is 18.2 Å². The molecular formula is C13H12F3N3S. The Morgan fingerprint density at radius 1 is 1.15 bits per heavy atom.